The van der Waals surface area contributed by atoms with Crippen molar-refractivity contribution in [2.75, 3.05) is 47.9 Å². The highest BCUT2D eigenvalue weighted by Gasteiger charge is 2.04. The molecule has 1 N–H and O–H groups in total. The SMILES string of the molecule is COC(OC)[SiH2]CCCNCCCN(C)C. The zero-order valence-corrected chi connectivity index (χ0v) is 12.7. The third-order valence-corrected chi connectivity index (χ3v) is 4.57. The van der Waals surface area contributed by atoms with Crippen molar-refractivity contribution in [2.24, 2.45) is 0 Å². The Labute approximate surface area is 102 Å². The van der Waals surface area contributed by atoms with E-state index in [4.69, 9.17) is 9.47 Å². The minimum absolute atomic E-state index is 0.105. The first-order valence-corrected chi connectivity index (χ1v) is 7.93. The molecule has 0 aliphatic heterocycles. The third kappa shape index (κ3) is 10.6. The molecular formula is C11H28N2O2Si. The van der Waals surface area contributed by atoms with Crippen LogP contribution in [0.2, 0.25) is 6.04 Å². The highest BCUT2D eigenvalue weighted by molar-refractivity contribution is 6.36. The molecule has 0 bridgehead atoms. The van der Waals surface area contributed by atoms with Gasteiger partial charge in [0.25, 0.3) is 0 Å². The second-order valence-corrected chi connectivity index (χ2v) is 6.25. The lowest BCUT2D eigenvalue weighted by atomic mass is 10.4. The van der Waals surface area contributed by atoms with E-state index in [-0.39, 0.29) is 15.4 Å². The molecule has 5 heteroatoms. The minimum Gasteiger partial charge on any atom is -0.360 e. The molecule has 0 aliphatic carbocycles. The first kappa shape index (κ1) is 16.1. The van der Waals surface area contributed by atoms with Crippen molar-refractivity contribution in [3.63, 3.8) is 0 Å². The second kappa shape index (κ2) is 11.5. The fourth-order valence-electron chi connectivity index (χ4n) is 1.54. The van der Waals surface area contributed by atoms with Crippen LogP contribution in [0.15, 0.2) is 0 Å². The van der Waals surface area contributed by atoms with Gasteiger partial charge in [0.15, 0.2) is 0 Å². The molecule has 0 saturated heterocycles. The molecule has 0 fully saturated rings. The van der Waals surface area contributed by atoms with E-state index in [1.54, 1.807) is 14.2 Å². The van der Waals surface area contributed by atoms with Gasteiger partial charge in [0.2, 0.25) is 0 Å². The zero-order chi connectivity index (χ0) is 12.2. The smallest absolute Gasteiger partial charge is 0.134 e. The van der Waals surface area contributed by atoms with Gasteiger partial charge in [0, 0.05) is 14.2 Å². The van der Waals surface area contributed by atoms with E-state index in [1.165, 1.54) is 18.9 Å². The zero-order valence-electron chi connectivity index (χ0n) is 11.3. The molecule has 0 rings (SSSR count). The Morgan fingerprint density at radius 2 is 1.75 bits per heavy atom. The van der Waals surface area contributed by atoms with Crippen molar-refractivity contribution in [1.29, 1.82) is 0 Å². The summed E-state index contributed by atoms with van der Waals surface area (Å²) >= 11 is 0. The maximum atomic E-state index is 5.18. The van der Waals surface area contributed by atoms with Crippen LogP contribution in [0.3, 0.4) is 0 Å². The van der Waals surface area contributed by atoms with Gasteiger partial charge in [-0.3, -0.25) is 0 Å². The lowest BCUT2D eigenvalue weighted by molar-refractivity contribution is -0.0441. The summed E-state index contributed by atoms with van der Waals surface area (Å²) in [5.74, 6) is 0.105. The first-order valence-electron chi connectivity index (χ1n) is 6.11. The van der Waals surface area contributed by atoms with Gasteiger partial charge in [-0.1, -0.05) is 6.04 Å². The van der Waals surface area contributed by atoms with Crippen LogP contribution >= 0.6 is 0 Å². The molecule has 16 heavy (non-hydrogen) atoms. The third-order valence-electron chi connectivity index (χ3n) is 2.53. The molecule has 0 aromatic heterocycles. The first-order chi connectivity index (χ1) is 7.70. The van der Waals surface area contributed by atoms with Crippen LogP contribution in [0.25, 0.3) is 0 Å². The van der Waals surface area contributed by atoms with Gasteiger partial charge in [-0.25, -0.2) is 0 Å². The van der Waals surface area contributed by atoms with Crippen LogP contribution in [0.1, 0.15) is 12.8 Å². The van der Waals surface area contributed by atoms with Gasteiger partial charge in [-0.05, 0) is 46.6 Å². The number of nitrogens with zero attached hydrogens (tertiary/aromatic N) is 1. The largest absolute Gasteiger partial charge is 0.360 e. The fourth-order valence-corrected chi connectivity index (χ4v) is 2.88. The van der Waals surface area contributed by atoms with Crippen LogP contribution < -0.4 is 5.32 Å². The van der Waals surface area contributed by atoms with E-state index in [1.807, 2.05) is 0 Å². The standard InChI is InChI=1S/C11H28N2O2Si/c1-13(2)9-5-7-12-8-6-10-16-11(14-3)15-4/h11-12H,5-10,16H2,1-4H3. The molecule has 4 nitrogen and oxygen atoms in total. The highest BCUT2D eigenvalue weighted by Crippen LogP contribution is 1.95. The molecule has 0 aromatic rings. The number of hydrogen-bond acceptors (Lipinski definition) is 4. The molecule has 0 radical (unpaired) electrons. The van der Waals surface area contributed by atoms with Crippen molar-refractivity contribution in [2.45, 2.75) is 24.8 Å². The van der Waals surface area contributed by atoms with Crippen LogP contribution in [-0.2, 0) is 9.47 Å². The van der Waals surface area contributed by atoms with Gasteiger partial charge >= 0.3 is 0 Å². The fraction of sp³-hybridized carbons (Fsp3) is 1.00. The van der Waals surface area contributed by atoms with Crippen LogP contribution in [0.4, 0.5) is 0 Å². The number of nitrogens with one attached hydrogen (secondary N) is 1. The van der Waals surface area contributed by atoms with E-state index in [9.17, 15) is 0 Å². The molecule has 0 aromatic carbocycles. The maximum absolute atomic E-state index is 5.18. The van der Waals surface area contributed by atoms with Crippen LogP contribution in [-0.4, -0.2) is 68.3 Å². The predicted molar refractivity (Wildman–Crippen MR) is 71.8 cm³/mol. The summed E-state index contributed by atoms with van der Waals surface area (Å²) < 4.78 is 10.4. The summed E-state index contributed by atoms with van der Waals surface area (Å²) in [5, 5.41) is 3.46. The highest BCUT2D eigenvalue weighted by atomic mass is 28.2. The summed E-state index contributed by atoms with van der Waals surface area (Å²) in [7, 11) is 7.45. The number of rotatable bonds is 11. The van der Waals surface area contributed by atoms with E-state index >= 15 is 0 Å². The Hall–Kier alpha value is 0.0569. The molecule has 0 unspecified atom stereocenters. The molecule has 0 atom stereocenters. The maximum Gasteiger partial charge on any atom is 0.134 e. The van der Waals surface area contributed by atoms with E-state index in [0.717, 1.165) is 19.6 Å². The summed E-state index contributed by atoms with van der Waals surface area (Å²) in [4.78, 5) is 2.22. The molecule has 0 aliphatic rings. The lowest BCUT2D eigenvalue weighted by Gasteiger charge is -2.12. The van der Waals surface area contributed by atoms with Crippen molar-refractivity contribution in [3.05, 3.63) is 0 Å². The van der Waals surface area contributed by atoms with Crippen molar-refractivity contribution < 1.29 is 9.47 Å². The van der Waals surface area contributed by atoms with Crippen LogP contribution in [0, 0.1) is 0 Å². The molecule has 0 amide bonds. The second-order valence-electron chi connectivity index (χ2n) is 4.30. The predicted octanol–water partition coefficient (Wildman–Crippen LogP) is 0.0813. The van der Waals surface area contributed by atoms with Gasteiger partial charge < -0.3 is 19.7 Å². The quantitative estimate of drug-likeness (QED) is 0.319. The van der Waals surface area contributed by atoms with E-state index in [2.05, 4.69) is 24.3 Å². The van der Waals surface area contributed by atoms with Crippen LogP contribution in [0.5, 0.6) is 0 Å². The topological polar surface area (TPSA) is 33.7 Å². The average molecular weight is 248 g/mol. The van der Waals surface area contributed by atoms with Gasteiger partial charge in [0.1, 0.15) is 5.91 Å². The normalized spacial score (nSPS) is 12.4. The molecular weight excluding hydrogens is 220 g/mol. The Kier molecular flexibility index (Phi) is 11.6. The Bertz CT molecular complexity index is 144. The lowest BCUT2D eigenvalue weighted by Crippen LogP contribution is -2.24. The number of methoxy groups -OCH3 is 2. The molecule has 98 valence electrons. The Balaban J connectivity index is 3.09. The summed E-state index contributed by atoms with van der Waals surface area (Å²) in [6, 6.07) is 1.28. The summed E-state index contributed by atoms with van der Waals surface area (Å²) in [6.07, 6.45) is 2.47. The van der Waals surface area contributed by atoms with E-state index < -0.39 is 0 Å². The monoisotopic (exact) mass is 248 g/mol. The van der Waals surface area contributed by atoms with Gasteiger partial charge in [-0.2, -0.15) is 0 Å². The number of hydrogen-bond donors (Lipinski definition) is 1. The number of ether oxygens (including phenoxy) is 2. The summed E-state index contributed by atoms with van der Waals surface area (Å²) in [5.41, 5.74) is 0. The van der Waals surface area contributed by atoms with E-state index in [0.29, 0.717) is 0 Å². The van der Waals surface area contributed by atoms with Crippen molar-refractivity contribution in [3.8, 4) is 0 Å². The molecule has 0 heterocycles. The average Bonchev–Trinajstić information content (AvgIpc) is 2.27. The Morgan fingerprint density at radius 3 is 2.31 bits per heavy atom. The van der Waals surface area contributed by atoms with Gasteiger partial charge in [0.05, 0.1) is 9.52 Å². The summed E-state index contributed by atoms with van der Waals surface area (Å²) in [6.45, 7) is 3.41. The minimum atomic E-state index is -0.220. The van der Waals surface area contributed by atoms with Crippen molar-refractivity contribution in [1.82, 2.24) is 10.2 Å². The molecule has 0 spiro atoms. The van der Waals surface area contributed by atoms with Gasteiger partial charge in [-0.15, -0.1) is 0 Å². The Morgan fingerprint density at radius 1 is 1.12 bits per heavy atom. The molecule has 0 saturated carbocycles. The van der Waals surface area contributed by atoms with Crippen molar-refractivity contribution >= 4 is 9.52 Å².